The Labute approximate surface area is 86.6 Å². The fourth-order valence-electron chi connectivity index (χ4n) is 1.13. The molecule has 1 rings (SSSR count). The smallest absolute Gasteiger partial charge is 0.0431 e. The maximum Gasteiger partial charge on any atom is 0.0431 e. The van der Waals surface area contributed by atoms with E-state index in [9.17, 15) is 0 Å². The minimum absolute atomic E-state index is 0.524. The van der Waals surface area contributed by atoms with E-state index in [0.717, 1.165) is 18.4 Å². The third kappa shape index (κ3) is 3.22. The molecular formula is C13H17N. The van der Waals surface area contributed by atoms with E-state index >= 15 is 0 Å². The Balaban J connectivity index is 2.80. The summed E-state index contributed by atoms with van der Waals surface area (Å²) in [4.78, 5) is 4.18. The fourth-order valence-corrected chi connectivity index (χ4v) is 1.13. The molecule has 0 N–H and O–H groups in total. The summed E-state index contributed by atoms with van der Waals surface area (Å²) in [6, 6.07) is 2.13. The van der Waals surface area contributed by atoms with Crippen molar-refractivity contribution in [1.29, 1.82) is 0 Å². The van der Waals surface area contributed by atoms with Gasteiger partial charge in [-0.2, -0.15) is 0 Å². The van der Waals surface area contributed by atoms with E-state index in [2.05, 4.69) is 43.7 Å². The first-order valence-electron chi connectivity index (χ1n) is 5.18. The van der Waals surface area contributed by atoms with Crippen LogP contribution in [0.3, 0.4) is 0 Å². The van der Waals surface area contributed by atoms with Crippen LogP contribution in [-0.4, -0.2) is 4.98 Å². The molecule has 0 saturated carbocycles. The number of hydrogen-bond donors (Lipinski definition) is 0. The van der Waals surface area contributed by atoms with Gasteiger partial charge in [-0.15, -0.1) is 0 Å². The predicted octanol–water partition coefficient (Wildman–Crippen LogP) is 3.36. The van der Waals surface area contributed by atoms with Crippen LogP contribution in [-0.2, 0) is 0 Å². The molecule has 1 nitrogen and oxygen atoms in total. The molecule has 0 saturated heterocycles. The Morgan fingerprint density at radius 1 is 1.36 bits per heavy atom. The predicted molar refractivity (Wildman–Crippen MR) is 60.1 cm³/mol. The van der Waals surface area contributed by atoms with Crippen molar-refractivity contribution in [2.75, 3.05) is 0 Å². The first kappa shape index (κ1) is 10.8. The number of nitrogens with zero attached hydrogens (tertiary/aromatic N) is 1. The van der Waals surface area contributed by atoms with Crippen LogP contribution < -0.4 is 0 Å². The lowest BCUT2D eigenvalue weighted by atomic mass is 10.0. The van der Waals surface area contributed by atoms with Crippen LogP contribution >= 0.6 is 0 Å². The van der Waals surface area contributed by atoms with Gasteiger partial charge in [-0.3, -0.25) is 4.98 Å². The SMILES string of the molecule is CCCC#Cc1cncc(C(C)C)c1. The molecule has 1 aromatic heterocycles. The van der Waals surface area contributed by atoms with Crippen molar-refractivity contribution in [1.82, 2.24) is 4.98 Å². The second kappa shape index (κ2) is 5.44. The Morgan fingerprint density at radius 3 is 2.79 bits per heavy atom. The summed E-state index contributed by atoms with van der Waals surface area (Å²) in [6.45, 7) is 6.47. The van der Waals surface area contributed by atoms with Gasteiger partial charge in [0.15, 0.2) is 0 Å². The Morgan fingerprint density at radius 2 is 2.14 bits per heavy atom. The number of hydrogen-bond acceptors (Lipinski definition) is 1. The average molecular weight is 187 g/mol. The van der Waals surface area contributed by atoms with Gasteiger partial charge < -0.3 is 0 Å². The number of aromatic nitrogens is 1. The average Bonchev–Trinajstić information content (AvgIpc) is 2.19. The van der Waals surface area contributed by atoms with Crippen molar-refractivity contribution in [2.45, 2.75) is 39.5 Å². The lowest BCUT2D eigenvalue weighted by Gasteiger charge is -2.03. The van der Waals surface area contributed by atoms with Crippen LogP contribution in [0.4, 0.5) is 0 Å². The molecule has 0 unspecified atom stereocenters. The van der Waals surface area contributed by atoms with Crippen LogP contribution in [0.2, 0.25) is 0 Å². The summed E-state index contributed by atoms with van der Waals surface area (Å²) >= 11 is 0. The van der Waals surface area contributed by atoms with Crippen molar-refractivity contribution in [3.8, 4) is 11.8 Å². The Hall–Kier alpha value is -1.29. The maximum atomic E-state index is 4.18. The largest absolute Gasteiger partial charge is 0.263 e. The zero-order chi connectivity index (χ0) is 10.4. The van der Waals surface area contributed by atoms with Crippen molar-refractivity contribution >= 4 is 0 Å². The number of pyridine rings is 1. The second-order valence-electron chi connectivity index (χ2n) is 3.71. The number of unbranched alkanes of at least 4 members (excludes halogenated alkanes) is 1. The second-order valence-corrected chi connectivity index (χ2v) is 3.71. The van der Waals surface area contributed by atoms with Crippen molar-refractivity contribution in [3.63, 3.8) is 0 Å². The van der Waals surface area contributed by atoms with E-state index < -0.39 is 0 Å². The van der Waals surface area contributed by atoms with Crippen LogP contribution in [0.25, 0.3) is 0 Å². The third-order valence-corrected chi connectivity index (χ3v) is 2.03. The quantitative estimate of drug-likeness (QED) is 0.647. The minimum Gasteiger partial charge on any atom is -0.263 e. The molecule has 0 fully saturated rings. The highest BCUT2D eigenvalue weighted by molar-refractivity contribution is 5.35. The van der Waals surface area contributed by atoms with Crippen molar-refractivity contribution in [2.24, 2.45) is 0 Å². The lowest BCUT2D eigenvalue weighted by Crippen LogP contribution is -1.89. The van der Waals surface area contributed by atoms with Gasteiger partial charge in [-0.1, -0.05) is 32.6 Å². The van der Waals surface area contributed by atoms with Gasteiger partial charge in [-0.25, -0.2) is 0 Å². The Bertz CT molecular complexity index is 342. The monoisotopic (exact) mass is 187 g/mol. The van der Waals surface area contributed by atoms with Crippen molar-refractivity contribution in [3.05, 3.63) is 29.6 Å². The summed E-state index contributed by atoms with van der Waals surface area (Å²) in [6.07, 6.45) is 5.82. The zero-order valence-electron chi connectivity index (χ0n) is 9.17. The normalized spacial score (nSPS) is 9.71. The first-order valence-corrected chi connectivity index (χ1v) is 5.18. The van der Waals surface area contributed by atoms with Gasteiger partial charge in [0.05, 0.1) is 0 Å². The van der Waals surface area contributed by atoms with Gasteiger partial charge in [-0.05, 0) is 24.0 Å². The van der Waals surface area contributed by atoms with Crippen LogP contribution in [0, 0.1) is 11.8 Å². The molecule has 0 aliphatic carbocycles. The molecule has 0 aliphatic heterocycles. The van der Waals surface area contributed by atoms with E-state index in [1.807, 2.05) is 12.4 Å². The fraction of sp³-hybridized carbons (Fsp3) is 0.462. The van der Waals surface area contributed by atoms with E-state index in [-0.39, 0.29) is 0 Å². The first-order chi connectivity index (χ1) is 6.74. The lowest BCUT2D eigenvalue weighted by molar-refractivity contribution is 0.857. The molecule has 0 radical (unpaired) electrons. The Kier molecular flexibility index (Phi) is 4.19. The zero-order valence-corrected chi connectivity index (χ0v) is 9.17. The molecule has 0 atom stereocenters. The molecule has 0 aromatic carbocycles. The van der Waals surface area contributed by atoms with Crippen LogP contribution in [0.5, 0.6) is 0 Å². The molecule has 14 heavy (non-hydrogen) atoms. The molecule has 1 heterocycles. The van der Waals surface area contributed by atoms with Crippen molar-refractivity contribution < 1.29 is 0 Å². The highest BCUT2D eigenvalue weighted by Crippen LogP contribution is 2.13. The van der Waals surface area contributed by atoms with Gasteiger partial charge >= 0.3 is 0 Å². The molecule has 0 bridgehead atoms. The maximum absolute atomic E-state index is 4.18. The van der Waals surface area contributed by atoms with E-state index in [4.69, 9.17) is 0 Å². The minimum atomic E-state index is 0.524. The molecule has 0 spiro atoms. The van der Waals surface area contributed by atoms with Crippen LogP contribution in [0.1, 0.15) is 50.7 Å². The third-order valence-electron chi connectivity index (χ3n) is 2.03. The summed E-state index contributed by atoms with van der Waals surface area (Å²) in [5, 5.41) is 0. The molecule has 1 heteroatoms. The summed E-state index contributed by atoms with van der Waals surface area (Å²) in [5.41, 5.74) is 2.29. The van der Waals surface area contributed by atoms with Gasteiger partial charge in [0.25, 0.3) is 0 Å². The standard InChI is InChI=1S/C13H17N/c1-4-5-6-7-12-8-13(11(2)3)10-14-9-12/h8-11H,4-5H2,1-3H3. The van der Waals surface area contributed by atoms with E-state index in [0.29, 0.717) is 5.92 Å². The van der Waals surface area contributed by atoms with Gasteiger partial charge in [0.1, 0.15) is 0 Å². The molecule has 0 amide bonds. The summed E-state index contributed by atoms with van der Waals surface area (Å²) in [5.74, 6) is 6.78. The molecule has 1 aromatic rings. The van der Waals surface area contributed by atoms with E-state index in [1.165, 1.54) is 5.56 Å². The summed E-state index contributed by atoms with van der Waals surface area (Å²) in [7, 11) is 0. The highest BCUT2D eigenvalue weighted by Gasteiger charge is 1.98. The summed E-state index contributed by atoms with van der Waals surface area (Å²) < 4.78 is 0. The van der Waals surface area contributed by atoms with Crippen LogP contribution in [0.15, 0.2) is 18.5 Å². The molecular weight excluding hydrogens is 170 g/mol. The number of rotatable bonds is 2. The van der Waals surface area contributed by atoms with Gasteiger partial charge in [0.2, 0.25) is 0 Å². The molecule has 0 aliphatic rings. The molecule has 74 valence electrons. The topological polar surface area (TPSA) is 12.9 Å². The van der Waals surface area contributed by atoms with E-state index in [1.54, 1.807) is 0 Å². The van der Waals surface area contributed by atoms with Gasteiger partial charge in [0, 0.05) is 24.4 Å². The highest BCUT2D eigenvalue weighted by atomic mass is 14.6.